The molecule has 1 saturated heterocycles. The van der Waals surface area contributed by atoms with Gasteiger partial charge in [0, 0.05) is 17.1 Å². The van der Waals surface area contributed by atoms with Crippen LogP contribution in [0.15, 0.2) is 84.9 Å². The first-order valence-corrected chi connectivity index (χ1v) is 13.9. The lowest BCUT2D eigenvalue weighted by Gasteiger charge is -2.43. The van der Waals surface area contributed by atoms with Gasteiger partial charge in [0.05, 0.1) is 6.61 Å². The molecule has 3 aromatic rings. The molecule has 1 aliphatic heterocycles. The fraction of sp³-hybridized carbons (Fsp3) is 0.357. The Bertz CT molecular complexity index is 979. The predicted molar refractivity (Wildman–Crippen MR) is 138 cm³/mol. The smallest absolute Gasteiger partial charge is 0.261 e. The normalized spacial score (nSPS) is 21.6. The van der Waals surface area contributed by atoms with E-state index in [1.807, 2.05) is 12.1 Å². The first-order chi connectivity index (χ1) is 15.3. The van der Waals surface area contributed by atoms with Crippen molar-refractivity contribution in [3.05, 3.63) is 95.5 Å². The lowest BCUT2D eigenvalue weighted by molar-refractivity contribution is 0.238. The topological polar surface area (TPSA) is 21.3 Å². The molecule has 0 aromatic heterocycles. The van der Waals surface area contributed by atoms with Crippen LogP contribution in [0.4, 0.5) is 0 Å². The zero-order valence-electron chi connectivity index (χ0n) is 19.5. The van der Waals surface area contributed by atoms with E-state index < -0.39 is 8.32 Å². The molecule has 1 aliphatic rings. The predicted octanol–water partition coefficient (Wildman–Crippen LogP) is 5.96. The molecule has 2 nitrogen and oxygen atoms in total. The van der Waals surface area contributed by atoms with Gasteiger partial charge in [0.1, 0.15) is 0 Å². The maximum absolute atomic E-state index is 7.18. The zero-order valence-corrected chi connectivity index (χ0v) is 21.3. The zero-order chi connectivity index (χ0) is 22.8. The Morgan fingerprint density at radius 2 is 1.41 bits per heavy atom. The van der Waals surface area contributed by atoms with Crippen molar-refractivity contribution in [2.75, 3.05) is 6.61 Å². The summed E-state index contributed by atoms with van der Waals surface area (Å²) in [5.41, 5.74) is 1.19. The molecule has 32 heavy (non-hydrogen) atoms. The minimum Gasteiger partial charge on any atom is -0.406 e. The van der Waals surface area contributed by atoms with Crippen LogP contribution < -0.4 is 15.7 Å². The number of hydrogen-bond donors (Lipinski definition) is 1. The summed E-state index contributed by atoms with van der Waals surface area (Å²) in [6.45, 7) is 10.0. The average Bonchev–Trinajstić information content (AvgIpc) is 3.15. The number of rotatable bonds is 6. The van der Waals surface area contributed by atoms with Crippen molar-refractivity contribution in [1.82, 2.24) is 5.32 Å². The summed E-state index contributed by atoms with van der Waals surface area (Å²) in [6, 6.07) is 30.5. The van der Waals surface area contributed by atoms with E-state index in [1.54, 1.807) is 0 Å². The first-order valence-electron chi connectivity index (χ1n) is 11.6. The monoisotopic (exact) mass is 463 g/mol. The van der Waals surface area contributed by atoms with Gasteiger partial charge in [-0.05, 0) is 39.4 Å². The van der Waals surface area contributed by atoms with Gasteiger partial charge in [-0.15, -0.1) is 0 Å². The molecular formula is C28H34ClNOSi. The molecule has 168 valence electrons. The Balaban J connectivity index is 1.65. The Hall–Kier alpha value is -1.91. The lowest BCUT2D eigenvalue weighted by Crippen LogP contribution is -2.67. The van der Waals surface area contributed by atoms with Crippen LogP contribution in [-0.2, 0) is 4.43 Å². The van der Waals surface area contributed by atoms with Crippen LogP contribution in [0.2, 0.25) is 10.1 Å². The summed E-state index contributed by atoms with van der Waals surface area (Å²) in [6.07, 6.45) is 1.07. The van der Waals surface area contributed by atoms with Crippen LogP contribution in [0, 0.1) is 5.92 Å². The molecular weight excluding hydrogens is 430 g/mol. The molecule has 0 amide bonds. The molecule has 1 heterocycles. The highest BCUT2D eigenvalue weighted by atomic mass is 35.5. The minimum atomic E-state index is -2.52. The van der Waals surface area contributed by atoms with E-state index >= 15 is 0 Å². The maximum atomic E-state index is 7.18. The quantitative estimate of drug-likeness (QED) is 0.455. The van der Waals surface area contributed by atoms with Gasteiger partial charge >= 0.3 is 0 Å². The van der Waals surface area contributed by atoms with Crippen molar-refractivity contribution >= 4 is 30.3 Å². The summed E-state index contributed by atoms with van der Waals surface area (Å²) in [5, 5.41) is 7.31. The van der Waals surface area contributed by atoms with Gasteiger partial charge in [-0.1, -0.05) is 118 Å². The molecule has 0 bridgehead atoms. The third-order valence-electron chi connectivity index (χ3n) is 6.89. The second kappa shape index (κ2) is 9.52. The van der Waals surface area contributed by atoms with E-state index in [1.165, 1.54) is 15.9 Å². The van der Waals surface area contributed by atoms with Gasteiger partial charge < -0.3 is 9.74 Å². The van der Waals surface area contributed by atoms with E-state index in [2.05, 4.69) is 106 Å². The van der Waals surface area contributed by atoms with Gasteiger partial charge in [-0.25, -0.2) is 0 Å². The number of hydrogen-bond acceptors (Lipinski definition) is 2. The maximum Gasteiger partial charge on any atom is 0.261 e. The van der Waals surface area contributed by atoms with Crippen molar-refractivity contribution in [1.29, 1.82) is 0 Å². The Morgan fingerprint density at radius 1 is 0.875 bits per heavy atom. The SMILES string of the molecule is C[C@H]1CC(c2ccccc2Cl)N[C@@H]1CO[Si](c1ccccc1)(c1ccccc1)C(C)(C)C. The van der Waals surface area contributed by atoms with Gasteiger partial charge in [0.2, 0.25) is 0 Å². The Labute approximate surface area is 199 Å². The average molecular weight is 464 g/mol. The second-order valence-corrected chi connectivity index (χ2v) is 14.7. The molecule has 0 saturated carbocycles. The van der Waals surface area contributed by atoms with Crippen molar-refractivity contribution in [2.45, 2.75) is 51.2 Å². The summed E-state index contributed by atoms with van der Waals surface area (Å²) in [7, 11) is -2.52. The molecule has 1 fully saturated rings. The second-order valence-electron chi connectivity index (χ2n) is 10.0. The summed E-state index contributed by atoms with van der Waals surface area (Å²) in [4.78, 5) is 0. The van der Waals surface area contributed by atoms with Crippen molar-refractivity contribution < 1.29 is 4.43 Å². The standard InChI is InChI=1S/C28H34ClNOSi/c1-21-19-26(24-17-11-12-18-25(24)29)30-27(21)20-31-32(28(2,3)4,22-13-7-5-8-14-22)23-15-9-6-10-16-23/h5-18,21,26-27,30H,19-20H2,1-4H3/t21-,26?,27+/m0/s1. The van der Waals surface area contributed by atoms with Crippen LogP contribution in [0.5, 0.6) is 0 Å². The lowest BCUT2D eigenvalue weighted by atomic mass is 9.98. The van der Waals surface area contributed by atoms with Gasteiger partial charge in [-0.3, -0.25) is 0 Å². The highest BCUT2D eigenvalue weighted by Gasteiger charge is 2.50. The van der Waals surface area contributed by atoms with Crippen molar-refractivity contribution in [2.24, 2.45) is 5.92 Å². The van der Waals surface area contributed by atoms with Gasteiger partial charge in [-0.2, -0.15) is 0 Å². The first kappa shape index (κ1) is 23.3. The van der Waals surface area contributed by atoms with Crippen LogP contribution >= 0.6 is 11.6 Å². The molecule has 4 rings (SSSR count). The number of benzene rings is 3. The molecule has 1 unspecified atom stereocenters. The van der Waals surface area contributed by atoms with E-state index in [9.17, 15) is 0 Å². The highest BCUT2D eigenvalue weighted by molar-refractivity contribution is 6.99. The fourth-order valence-electron chi connectivity index (χ4n) is 5.19. The van der Waals surface area contributed by atoms with Gasteiger partial charge in [0.15, 0.2) is 0 Å². The number of nitrogens with one attached hydrogen (secondary N) is 1. The Morgan fingerprint density at radius 3 is 1.94 bits per heavy atom. The molecule has 0 spiro atoms. The van der Waals surface area contributed by atoms with E-state index in [-0.39, 0.29) is 17.1 Å². The largest absolute Gasteiger partial charge is 0.406 e. The third kappa shape index (κ3) is 4.45. The van der Waals surface area contributed by atoms with Crippen LogP contribution in [-0.4, -0.2) is 21.0 Å². The van der Waals surface area contributed by atoms with Gasteiger partial charge in [0.25, 0.3) is 8.32 Å². The van der Waals surface area contributed by atoms with E-state index in [0.717, 1.165) is 11.4 Å². The van der Waals surface area contributed by atoms with Crippen molar-refractivity contribution in [3.63, 3.8) is 0 Å². The molecule has 1 N–H and O–H groups in total. The Kier molecular flexibility index (Phi) is 6.92. The molecule has 0 radical (unpaired) electrons. The fourth-order valence-corrected chi connectivity index (χ4v) is 10.0. The summed E-state index contributed by atoms with van der Waals surface area (Å²) < 4.78 is 7.18. The van der Waals surface area contributed by atoms with E-state index in [0.29, 0.717) is 12.5 Å². The molecule has 3 aromatic carbocycles. The van der Waals surface area contributed by atoms with Crippen molar-refractivity contribution in [3.8, 4) is 0 Å². The molecule has 4 heteroatoms. The molecule has 3 atom stereocenters. The number of halogens is 1. The summed E-state index contributed by atoms with van der Waals surface area (Å²) in [5.74, 6) is 0.509. The minimum absolute atomic E-state index is 0.0142. The van der Waals surface area contributed by atoms with Crippen LogP contribution in [0.1, 0.15) is 45.7 Å². The highest BCUT2D eigenvalue weighted by Crippen LogP contribution is 2.39. The van der Waals surface area contributed by atoms with Crippen LogP contribution in [0.25, 0.3) is 0 Å². The molecule has 0 aliphatic carbocycles. The van der Waals surface area contributed by atoms with E-state index in [4.69, 9.17) is 16.0 Å². The summed E-state index contributed by atoms with van der Waals surface area (Å²) >= 11 is 6.50. The van der Waals surface area contributed by atoms with Crippen LogP contribution in [0.3, 0.4) is 0 Å². The third-order valence-corrected chi connectivity index (χ3v) is 12.2.